The number of para-hydroxylation sites is 1. The van der Waals surface area contributed by atoms with Crippen molar-refractivity contribution < 1.29 is 14.3 Å². The molecule has 24 heavy (non-hydrogen) atoms. The highest BCUT2D eigenvalue weighted by Crippen LogP contribution is 2.27. The maximum absolute atomic E-state index is 12.5. The Hall–Kier alpha value is -2.63. The maximum atomic E-state index is 12.5. The number of hydrogen-bond acceptors (Lipinski definition) is 4. The number of fused-ring (bicyclic) bond motifs is 1. The Kier molecular flexibility index (Phi) is 4.64. The molecule has 0 aliphatic heterocycles. The average molecular weight is 327 g/mol. The van der Waals surface area contributed by atoms with Gasteiger partial charge < -0.3 is 10.5 Å². The standard InChI is InChI=1S/C18H21N3O3/c1-12(17(19)22)24-18(23)16-14-10-6-3-7-11-15(14)21(20-16)13-8-4-2-5-9-13/h2,4-5,8-9,12H,3,6-7,10-11H2,1H3,(H2,19,22)/t12-/m0/s1. The fourth-order valence-corrected chi connectivity index (χ4v) is 3.00. The van der Waals surface area contributed by atoms with E-state index in [0.717, 1.165) is 49.0 Å². The van der Waals surface area contributed by atoms with Crippen molar-refractivity contribution in [2.75, 3.05) is 0 Å². The van der Waals surface area contributed by atoms with Crippen molar-refractivity contribution in [3.63, 3.8) is 0 Å². The lowest BCUT2D eigenvalue weighted by molar-refractivity contribution is -0.125. The van der Waals surface area contributed by atoms with Gasteiger partial charge in [0, 0.05) is 11.3 Å². The van der Waals surface area contributed by atoms with Gasteiger partial charge in [0.25, 0.3) is 5.91 Å². The van der Waals surface area contributed by atoms with E-state index in [-0.39, 0.29) is 0 Å². The third-order valence-electron chi connectivity index (χ3n) is 4.31. The first-order chi connectivity index (χ1) is 11.6. The van der Waals surface area contributed by atoms with Crippen LogP contribution in [0.4, 0.5) is 0 Å². The lowest BCUT2D eigenvalue weighted by atomic mass is 10.1. The Balaban J connectivity index is 2.02. The summed E-state index contributed by atoms with van der Waals surface area (Å²) in [4.78, 5) is 23.6. The van der Waals surface area contributed by atoms with Crippen LogP contribution < -0.4 is 5.73 Å². The second kappa shape index (κ2) is 6.86. The molecule has 0 saturated heterocycles. The van der Waals surface area contributed by atoms with Crippen molar-refractivity contribution in [3.8, 4) is 5.69 Å². The zero-order chi connectivity index (χ0) is 17.1. The van der Waals surface area contributed by atoms with E-state index in [4.69, 9.17) is 10.5 Å². The predicted molar refractivity (Wildman–Crippen MR) is 88.9 cm³/mol. The molecule has 126 valence electrons. The molecule has 6 heteroatoms. The minimum absolute atomic E-state index is 0.295. The van der Waals surface area contributed by atoms with E-state index in [1.807, 2.05) is 35.0 Å². The minimum Gasteiger partial charge on any atom is -0.448 e. The molecule has 1 heterocycles. The Morgan fingerprint density at radius 3 is 2.58 bits per heavy atom. The number of nitrogens with two attached hydrogens (primary N) is 1. The molecule has 1 aliphatic carbocycles. The van der Waals surface area contributed by atoms with Crippen LogP contribution in [-0.2, 0) is 22.4 Å². The SMILES string of the molecule is C[C@H](OC(=O)c1nn(-c2ccccc2)c2c1CCCCC2)C(N)=O. The molecule has 0 spiro atoms. The van der Waals surface area contributed by atoms with Crippen LogP contribution in [0.2, 0.25) is 0 Å². The Labute approximate surface area is 140 Å². The van der Waals surface area contributed by atoms with Crippen LogP contribution in [-0.4, -0.2) is 27.8 Å². The van der Waals surface area contributed by atoms with E-state index in [9.17, 15) is 9.59 Å². The van der Waals surface area contributed by atoms with E-state index in [1.54, 1.807) is 0 Å². The van der Waals surface area contributed by atoms with Crippen LogP contribution in [0.5, 0.6) is 0 Å². The Morgan fingerprint density at radius 1 is 1.17 bits per heavy atom. The second-order valence-corrected chi connectivity index (χ2v) is 6.03. The fourth-order valence-electron chi connectivity index (χ4n) is 3.00. The molecule has 1 aromatic heterocycles. The molecule has 0 unspecified atom stereocenters. The van der Waals surface area contributed by atoms with E-state index in [2.05, 4.69) is 5.10 Å². The molecule has 1 atom stereocenters. The summed E-state index contributed by atoms with van der Waals surface area (Å²) in [6, 6.07) is 9.73. The van der Waals surface area contributed by atoms with Gasteiger partial charge in [-0.1, -0.05) is 24.6 Å². The molecule has 1 aromatic carbocycles. The molecule has 1 amide bonds. The van der Waals surface area contributed by atoms with E-state index in [1.165, 1.54) is 6.92 Å². The second-order valence-electron chi connectivity index (χ2n) is 6.03. The van der Waals surface area contributed by atoms with E-state index in [0.29, 0.717) is 5.69 Å². The quantitative estimate of drug-likeness (QED) is 0.688. The lowest BCUT2D eigenvalue weighted by Gasteiger charge is -2.08. The minimum atomic E-state index is -0.971. The summed E-state index contributed by atoms with van der Waals surface area (Å²) in [5.41, 5.74) is 8.37. The zero-order valence-corrected chi connectivity index (χ0v) is 13.7. The number of nitrogens with zero attached hydrogens (tertiary/aromatic N) is 2. The smallest absolute Gasteiger partial charge is 0.359 e. The third kappa shape index (κ3) is 3.18. The summed E-state index contributed by atoms with van der Waals surface area (Å²) in [5.74, 6) is -1.26. The summed E-state index contributed by atoms with van der Waals surface area (Å²) in [7, 11) is 0. The highest BCUT2D eigenvalue weighted by molar-refractivity contribution is 5.92. The van der Waals surface area contributed by atoms with Gasteiger partial charge in [-0.15, -0.1) is 0 Å². The number of carbonyl (C=O) groups is 2. The summed E-state index contributed by atoms with van der Waals surface area (Å²) >= 11 is 0. The van der Waals surface area contributed by atoms with Crippen LogP contribution in [0.3, 0.4) is 0 Å². The molecule has 2 N–H and O–H groups in total. The predicted octanol–water partition coefficient (Wildman–Crippen LogP) is 2.17. The fraction of sp³-hybridized carbons (Fsp3) is 0.389. The number of esters is 1. The molecular weight excluding hydrogens is 306 g/mol. The largest absolute Gasteiger partial charge is 0.448 e. The van der Waals surface area contributed by atoms with Gasteiger partial charge in [0.2, 0.25) is 0 Å². The summed E-state index contributed by atoms with van der Waals surface area (Å²) in [5, 5.41) is 4.51. The van der Waals surface area contributed by atoms with E-state index >= 15 is 0 Å². The Morgan fingerprint density at radius 2 is 1.88 bits per heavy atom. The first kappa shape index (κ1) is 16.2. The normalized spacial score (nSPS) is 15.2. The highest BCUT2D eigenvalue weighted by atomic mass is 16.5. The highest BCUT2D eigenvalue weighted by Gasteiger charge is 2.27. The number of aromatic nitrogens is 2. The molecular formula is C18H21N3O3. The van der Waals surface area contributed by atoms with Crippen molar-refractivity contribution in [1.82, 2.24) is 9.78 Å². The zero-order valence-electron chi connectivity index (χ0n) is 13.7. The first-order valence-corrected chi connectivity index (χ1v) is 8.24. The van der Waals surface area contributed by atoms with Crippen LogP contribution in [0.1, 0.15) is 47.9 Å². The topological polar surface area (TPSA) is 87.2 Å². The van der Waals surface area contributed by atoms with Crippen LogP contribution in [0.25, 0.3) is 5.69 Å². The molecule has 0 fully saturated rings. The van der Waals surface area contributed by atoms with Crippen LogP contribution >= 0.6 is 0 Å². The summed E-state index contributed by atoms with van der Waals surface area (Å²) in [6.45, 7) is 1.47. The third-order valence-corrected chi connectivity index (χ3v) is 4.31. The van der Waals surface area contributed by atoms with Crippen molar-refractivity contribution in [3.05, 3.63) is 47.3 Å². The monoisotopic (exact) mass is 327 g/mol. The Bertz CT molecular complexity index is 752. The molecule has 1 aliphatic rings. The molecule has 0 radical (unpaired) electrons. The molecule has 2 aromatic rings. The average Bonchev–Trinajstić information content (AvgIpc) is 2.77. The molecule has 0 saturated carbocycles. The number of amides is 1. The first-order valence-electron chi connectivity index (χ1n) is 8.24. The number of primary amides is 1. The van der Waals surface area contributed by atoms with Gasteiger partial charge in [-0.05, 0) is 44.7 Å². The van der Waals surface area contributed by atoms with Crippen LogP contribution in [0.15, 0.2) is 30.3 Å². The lowest BCUT2D eigenvalue weighted by Crippen LogP contribution is -2.30. The number of hydrogen-bond donors (Lipinski definition) is 1. The molecule has 3 rings (SSSR count). The van der Waals surface area contributed by atoms with Gasteiger partial charge in [-0.3, -0.25) is 4.79 Å². The van der Waals surface area contributed by atoms with Crippen molar-refractivity contribution in [2.45, 2.75) is 45.1 Å². The van der Waals surface area contributed by atoms with Gasteiger partial charge in [0.15, 0.2) is 11.8 Å². The van der Waals surface area contributed by atoms with E-state index < -0.39 is 18.0 Å². The van der Waals surface area contributed by atoms with Gasteiger partial charge in [-0.2, -0.15) is 5.10 Å². The van der Waals surface area contributed by atoms with Crippen molar-refractivity contribution >= 4 is 11.9 Å². The van der Waals surface area contributed by atoms with Gasteiger partial charge in [-0.25, -0.2) is 9.48 Å². The molecule has 6 nitrogen and oxygen atoms in total. The van der Waals surface area contributed by atoms with Gasteiger partial charge in [0.1, 0.15) is 0 Å². The summed E-state index contributed by atoms with van der Waals surface area (Å²) in [6.07, 6.45) is 3.89. The number of benzene rings is 1. The molecule has 0 bridgehead atoms. The number of ether oxygens (including phenoxy) is 1. The van der Waals surface area contributed by atoms with Crippen LogP contribution in [0, 0.1) is 0 Å². The van der Waals surface area contributed by atoms with Crippen molar-refractivity contribution in [2.24, 2.45) is 5.73 Å². The number of rotatable bonds is 4. The van der Waals surface area contributed by atoms with Crippen molar-refractivity contribution in [1.29, 1.82) is 0 Å². The maximum Gasteiger partial charge on any atom is 0.359 e. The number of carbonyl (C=O) groups excluding carboxylic acids is 2. The summed E-state index contributed by atoms with van der Waals surface area (Å²) < 4.78 is 6.99. The van der Waals surface area contributed by atoms with Gasteiger partial charge >= 0.3 is 5.97 Å². The van der Waals surface area contributed by atoms with Gasteiger partial charge in [0.05, 0.1) is 5.69 Å².